The third-order valence-electron chi connectivity index (χ3n) is 2.27. The summed E-state index contributed by atoms with van der Waals surface area (Å²) in [6, 6.07) is 0. The van der Waals surface area contributed by atoms with E-state index < -0.39 is 20.0 Å². The van der Waals surface area contributed by atoms with Crippen LogP contribution >= 0.6 is 0 Å². The average molecular weight is 277 g/mol. The van der Waals surface area contributed by atoms with Crippen LogP contribution in [-0.4, -0.2) is 37.2 Å². The Bertz CT molecular complexity index is 85.8. The molecule has 0 aromatic heterocycles. The number of rotatable bonds is 7. The van der Waals surface area contributed by atoms with Crippen LogP contribution in [0.3, 0.4) is 0 Å². The van der Waals surface area contributed by atoms with Gasteiger partial charge in [-0.3, -0.25) is 0 Å². The molecular weight excluding hydrogens is 253 g/mol. The molecule has 0 aliphatic rings. The first-order chi connectivity index (χ1) is 5.72. The van der Waals surface area contributed by atoms with Gasteiger partial charge in [-0.2, -0.15) is 0 Å². The summed E-state index contributed by atoms with van der Waals surface area (Å²) in [5.41, 5.74) is 0. The second-order valence-corrected chi connectivity index (χ2v) is 12.3. The van der Waals surface area contributed by atoms with Gasteiger partial charge in [0.2, 0.25) is 0 Å². The molecule has 0 aliphatic heterocycles. The fourth-order valence-electron chi connectivity index (χ4n) is 1.33. The quantitative estimate of drug-likeness (QED) is 0.646. The van der Waals surface area contributed by atoms with Gasteiger partial charge in [-0.25, -0.2) is 0 Å². The van der Waals surface area contributed by atoms with Gasteiger partial charge >= 0.3 is 85.7 Å². The standard InChI is InChI=1S/2C4H9.C2H6N.Sn/c2*1-3-4-2;1-3-2;/h2*1,3-4H2,2H3;1-2H3;/q;;-1;+1. The van der Waals surface area contributed by atoms with E-state index in [2.05, 4.69) is 31.1 Å². The molecule has 0 aromatic carbocycles. The van der Waals surface area contributed by atoms with Crippen molar-refractivity contribution in [1.82, 2.24) is 3.12 Å². The summed E-state index contributed by atoms with van der Waals surface area (Å²) in [5.74, 6) is 0. The molecule has 1 radical (unpaired) electrons. The van der Waals surface area contributed by atoms with E-state index >= 15 is 0 Å². The van der Waals surface area contributed by atoms with Crippen molar-refractivity contribution in [1.29, 1.82) is 0 Å². The Morgan fingerprint density at radius 1 is 0.917 bits per heavy atom. The van der Waals surface area contributed by atoms with Crippen LogP contribution in [0.5, 0.6) is 0 Å². The predicted molar refractivity (Wildman–Crippen MR) is 58.9 cm³/mol. The van der Waals surface area contributed by atoms with Gasteiger partial charge in [0.1, 0.15) is 0 Å². The molecule has 0 fully saturated rings. The molecule has 0 saturated heterocycles. The van der Waals surface area contributed by atoms with Gasteiger partial charge in [-0.05, 0) is 0 Å². The molecule has 0 aromatic rings. The first-order valence-corrected chi connectivity index (χ1v) is 10.6. The summed E-state index contributed by atoms with van der Waals surface area (Å²) >= 11 is -1.06. The van der Waals surface area contributed by atoms with E-state index in [1.165, 1.54) is 25.7 Å². The molecule has 0 rings (SSSR count). The number of hydrogen-bond donors (Lipinski definition) is 0. The molecule has 0 N–H and O–H groups in total. The fourth-order valence-corrected chi connectivity index (χ4v) is 8.95. The van der Waals surface area contributed by atoms with Gasteiger partial charge in [-0.1, -0.05) is 0 Å². The van der Waals surface area contributed by atoms with Gasteiger partial charge in [-0.15, -0.1) is 0 Å². The van der Waals surface area contributed by atoms with Gasteiger partial charge in [0, 0.05) is 0 Å². The van der Waals surface area contributed by atoms with Crippen molar-refractivity contribution in [3.8, 4) is 0 Å². The summed E-state index contributed by atoms with van der Waals surface area (Å²) < 4.78 is 5.73. The maximum absolute atomic E-state index is 2.58. The van der Waals surface area contributed by atoms with Crippen molar-refractivity contribution in [3.63, 3.8) is 0 Å². The Labute approximate surface area is 85.6 Å². The average Bonchev–Trinajstić information content (AvgIpc) is 2.04. The van der Waals surface area contributed by atoms with Crippen LogP contribution in [-0.2, 0) is 0 Å². The van der Waals surface area contributed by atoms with Crippen LogP contribution in [0.4, 0.5) is 0 Å². The molecule has 2 heteroatoms. The van der Waals surface area contributed by atoms with Gasteiger partial charge < -0.3 is 0 Å². The monoisotopic (exact) mass is 278 g/mol. The van der Waals surface area contributed by atoms with Crippen molar-refractivity contribution in [2.45, 2.75) is 48.4 Å². The van der Waals surface area contributed by atoms with E-state index in [0.29, 0.717) is 0 Å². The summed E-state index contributed by atoms with van der Waals surface area (Å²) in [6.45, 7) is 4.60. The Morgan fingerprint density at radius 2 is 1.33 bits per heavy atom. The fraction of sp³-hybridized carbons (Fsp3) is 1.00. The molecule has 0 spiro atoms. The first kappa shape index (κ1) is 12.8. The zero-order valence-corrected chi connectivity index (χ0v) is 12.0. The van der Waals surface area contributed by atoms with Crippen molar-refractivity contribution in [2.75, 3.05) is 14.1 Å². The molecule has 0 bridgehead atoms. The van der Waals surface area contributed by atoms with Crippen LogP contribution in [0, 0.1) is 0 Å². The summed E-state index contributed by atoms with van der Waals surface area (Å²) in [7, 11) is 4.58. The van der Waals surface area contributed by atoms with Crippen molar-refractivity contribution in [2.24, 2.45) is 0 Å². The van der Waals surface area contributed by atoms with Crippen molar-refractivity contribution >= 4 is 20.0 Å². The van der Waals surface area contributed by atoms with Crippen LogP contribution in [0.15, 0.2) is 0 Å². The summed E-state index contributed by atoms with van der Waals surface area (Å²) in [4.78, 5) is 0. The third-order valence-corrected chi connectivity index (χ3v) is 11.2. The Balaban J connectivity index is 3.55. The minimum absolute atomic E-state index is 1.06. The van der Waals surface area contributed by atoms with Gasteiger partial charge in [0.15, 0.2) is 0 Å². The molecule has 0 heterocycles. The Hall–Kier alpha value is 0.759. The van der Waals surface area contributed by atoms with Crippen molar-refractivity contribution in [3.05, 3.63) is 0 Å². The van der Waals surface area contributed by atoms with Crippen LogP contribution < -0.4 is 0 Å². The molecule has 0 amide bonds. The van der Waals surface area contributed by atoms with Crippen molar-refractivity contribution < 1.29 is 0 Å². The molecule has 0 aliphatic carbocycles. The number of hydrogen-bond acceptors (Lipinski definition) is 1. The van der Waals surface area contributed by atoms with E-state index in [9.17, 15) is 0 Å². The van der Waals surface area contributed by atoms with E-state index in [4.69, 9.17) is 0 Å². The predicted octanol–water partition coefficient (Wildman–Crippen LogP) is 3.14. The SMILES string of the molecule is CCC[CH2][Sn]([CH2]CCC)[N](C)C. The summed E-state index contributed by atoms with van der Waals surface area (Å²) in [5, 5.41) is 0. The number of unbranched alkanes of at least 4 members (excludes halogenated alkanes) is 2. The van der Waals surface area contributed by atoms with Gasteiger partial charge in [0.05, 0.1) is 0 Å². The molecule has 0 saturated carbocycles. The normalized spacial score (nSPS) is 11.5. The summed E-state index contributed by atoms with van der Waals surface area (Å²) in [6.07, 6.45) is 5.70. The second kappa shape index (κ2) is 8.36. The second-order valence-electron chi connectivity index (χ2n) is 3.67. The van der Waals surface area contributed by atoms with E-state index in [1.807, 2.05) is 0 Å². The molecule has 0 atom stereocenters. The van der Waals surface area contributed by atoms with Crippen LogP contribution in [0.1, 0.15) is 39.5 Å². The van der Waals surface area contributed by atoms with E-state index in [1.54, 1.807) is 8.87 Å². The van der Waals surface area contributed by atoms with Gasteiger partial charge in [0.25, 0.3) is 0 Å². The van der Waals surface area contributed by atoms with Crippen LogP contribution in [0.2, 0.25) is 8.87 Å². The number of nitrogens with zero attached hydrogens (tertiary/aromatic N) is 1. The minimum atomic E-state index is -1.06. The van der Waals surface area contributed by atoms with E-state index in [0.717, 1.165) is 0 Å². The Morgan fingerprint density at radius 3 is 1.58 bits per heavy atom. The first-order valence-electron chi connectivity index (χ1n) is 5.24. The van der Waals surface area contributed by atoms with E-state index in [-0.39, 0.29) is 0 Å². The Kier molecular flexibility index (Phi) is 8.89. The molecule has 73 valence electrons. The topological polar surface area (TPSA) is 3.24 Å². The van der Waals surface area contributed by atoms with Crippen LogP contribution in [0.25, 0.3) is 0 Å². The molecule has 1 nitrogen and oxygen atoms in total. The zero-order chi connectivity index (χ0) is 9.40. The molecular formula is C10H24NSn. The molecule has 12 heavy (non-hydrogen) atoms. The third kappa shape index (κ3) is 6.29. The maximum atomic E-state index is 2.58. The molecule has 0 unspecified atom stereocenters. The zero-order valence-electron chi connectivity index (χ0n) is 9.19.